The van der Waals surface area contributed by atoms with Crippen LogP contribution in [-0.2, 0) is 11.0 Å². The first-order valence-corrected chi connectivity index (χ1v) is 10.3. The molecule has 0 aliphatic carbocycles. The van der Waals surface area contributed by atoms with Gasteiger partial charge in [-0.3, -0.25) is 4.98 Å². The molecule has 9 heteroatoms. The zero-order chi connectivity index (χ0) is 21.1. The summed E-state index contributed by atoms with van der Waals surface area (Å²) in [5.74, 6) is 1.09. The number of hydrogen-bond acceptors (Lipinski definition) is 7. The van der Waals surface area contributed by atoms with Crippen LogP contribution < -0.4 is 10.6 Å². The van der Waals surface area contributed by atoms with Crippen molar-refractivity contribution in [3.63, 3.8) is 0 Å². The van der Waals surface area contributed by atoms with Crippen molar-refractivity contribution < 1.29 is 4.21 Å². The van der Waals surface area contributed by atoms with Gasteiger partial charge in [0, 0.05) is 31.9 Å². The molecule has 2 N–H and O–H groups in total. The van der Waals surface area contributed by atoms with E-state index in [1.165, 1.54) is 0 Å². The number of fused-ring (bicyclic) bond motifs is 1. The maximum atomic E-state index is 12.5. The Bertz CT molecular complexity index is 1040. The molecular formula is C20H27N7OS. The largest absolute Gasteiger partial charge is 0.383 e. The lowest BCUT2D eigenvalue weighted by Gasteiger charge is -2.20. The molecule has 1 atom stereocenters. The summed E-state index contributed by atoms with van der Waals surface area (Å²) in [6, 6.07) is 7.68. The molecule has 0 radical (unpaired) electrons. The second-order valence-corrected chi connectivity index (χ2v) is 8.99. The second kappa shape index (κ2) is 8.81. The van der Waals surface area contributed by atoms with Crippen LogP contribution in [0, 0.1) is 0 Å². The topological polar surface area (TPSA) is 91.5 Å². The molecule has 154 valence electrons. The van der Waals surface area contributed by atoms with Crippen molar-refractivity contribution in [3.8, 4) is 11.1 Å². The molecule has 1 unspecified atom stereocenters. The summed E-state index contributed by atoms with van der Waals surface area (Å²) in [6.45, 7) is 1.79. The minimum Gasteiger partial charge on any atom is -0.383 e. The van der Waals surface area contributed by atoms with Gasteiger partial charge in [-0.25, -0.2) is 18.5 Å². The van der Waals surface area contributed by atoms with Gasteiger partial charge < -0.3 is 15.5 Å². The van der Waals surface area contributed by atoms with Crippen LogP contribution in [0.4, 0.5) is 11.6 Å². The Morgan fingerprint density at radius 1 is 0.931 bits per heavy atom. The molecule has 2 heterocycles. The number of rotatable bonds is 7. The van der Waals surface area contributed by atoms with Crippen LogP contribution in [0.3, 0.4) is 0 Å². The highest BCUT2D eigenvalue weighted by molar-refractivity contribution is 7.82. The van der Waals surface area contributed by atoms with Crippen molar-refractivity contribution in [2.75, 3.05) is 59.0 Å². The summed E-state index contributed by atoms with van der Waals surface area (Å²) in [6.07, 6.45) is 3.48. The molecule has 8 nitrogen and oxygen atoms in total. The number of nitrogens with zero attached hydrogens (tertiary/aromatic N) is 6. The molecule has 0 aliphatic heterocycles. The number of hydrogen-bond donors (Lipinski definition) is 1. The smallest absolute Gasteiger partial charge is 0.147 e. The van der Waals surface area contributed by atoms with Gasteiger partial charge in [0.05, 0.1) is 22.1 Å². The van der Waals surface area contributed by atoms with E-state index in [9.17, 15) is 4.21 Å². The third-order valence-corrected chi connectivity index (χ3v) is 5.90. The van der Waals surface area contributed by atoms with Crippen LogP contribution in [0.25, 0.3) is 22.2 Å². The minimum absolute atomic E-state index is 0.270. The molecule has 0 saturated carbocycles. The normalized spacial score (nSPS) is 12.7. The maximum Gasteiger partial charge on any atom is 0.147 e. The lowest BCUT2D eigenvalue weighted by atomic mass is 10.1. The first-order valence-electron chi connectivity index (χ1n) is 9.24. The Balaban J connectivity index is 1.96. The number of aromatic nitrogens is 3. The molecule has 3 rings (SSSR count). The van der Waals surface area contributed by atoms with E-state index < -0.39 is 11.0 Å². The number of nitrogen functional groups attached to an aromatic ring is 1. The molecule has 0 aliphatic rings. The summed E-state index contributed by atoms with van der Waals surface area (Å²) < 4.78 is 14.1. The van der Waals surface area contributed by atoms with E-state index in [0.29, 0.717) is 4.90 Å². The van der Waals surface area contributed by atoms with Crippen molar-refractivity contribution in [1.82, 2.24) is 24.2 Å². The molecule has 3 aromatic rings. The third-order valence-electron chi connectivity index (χ3n) is 4.54. The van der Waals surface area contributed by atoms with Crippen LogP contribution in [0.2, 0.25) is 0 Å². The molecule has 0 bridgehead atoms. The Morgan fingerprint density at radius 2 is 1.69 bits per heavy atom. The summed E-state index contributed by atoms with van der Waals surface area (Å²) in [4.78, 5) is 18.3. The molecule has 0 spiro atoms. The Kier molecular flexibility index (Phi) is 6.41. The lowest BCUT2D eigenvalue weighted by Crippen LogP contribution is -2.29. The number of likely N-dealkylation sites (N-methyl/N-ethyl adjacent to an activating group) is 2. The van der Waals surface area contributed by atoms with Crippen LogP contribution >= 0.6 is 0 Å². The molecule has 0 fully saturated rings. The van der Waals surface area contributed by atoms with E-state index in [-0.39, 0.29) is 5.82 Å². The van der Waals surface area contributed by atoms with Gasteiger partial charge >= 0.3 is 0 Å². The molecule has 29 heavy (non-hydrogen) atoms. The standard InChI is InChI=1S/C20H27N7OS/c1-25(2)8-9-27(5)19-13-22-16-7-6-14(10-17(16)24-19)15-11-18(20(21)23-12-15)29(28)26(3)4/h6-7,10-13H,8-9H2,1-5H3,(H2,21,23). The molecule has 2 aromatic heterocycles. The highest BCUT2D eigenvalue weighted by Crippen LogP contribution is 2.27. The average molecular weight is 414 g/mol. The Morgan fingerprint density at radius 3 is 2.38 bits per heavy atom. The lowest BCUT2D eigenvalue weighted by molar-refractivity contribution is 0.416. The van der Waals surface area contributed by atoms with E-state index in [1.807, 2.05) is 45.4 Å². The van der Waals surface area contributed by atoms with E-state index in [0.717, 1.165) is 41.1 Å². The van der Waals surface area contributed by atoms with Crippen molar-refractivity contribution in [2.45, 2.75) is 4.90 Å². The average Bonchev–Trinajstić information content (AvgIpc) is 2.70. The van der Waals surface area contributed by atoms with Gasteiger partial charge in [-0.1, -0.05) is 6.07 Å². The zero-order valence-electron chi connectivity index (χ0n) is 17.5. The quantitative estimate of drug-likeness (QED) is 0.632. The van der Waals surface area contributed by atoms with Gasteiger partial charge in [-0.05, 0) is 52.0 Å². The molecule has 0 saturated heterocycles. The van der Waals surface area contributed by atoms with E-state index in [4.69, 9.17) is 10.7 Å². The van der Waals surface area contributed by atoms with Crippen molar-refractivity contribution in [1.29, 1.82) is 0 Å². The predicted molar refractivity (Wildman–Crippen MR) is 119 cm³/mol. The van der Waals surface area contributed by atoms with Crippen molar-refractivity contribution in [3.05, 3.63) is 36.7 Å². The fourth-order valence-electron chi connectivity index (χ4n) is 2.78. The van der Waals surface area contributed by atoms with Gasteiger partial charge in [0.2, 0.25) is 0 Å². The fraction of sp³-hybridized carbons (Fsp3) is 0.350. The van der Waals surface area contributed by atoms with Gasteiger partial charge in [-0.15, -0.1) is 0 Å². The van der Waals surface area contributed by atoms with Crippen LogP contribution in [0.15, 0.2) is 41.6 Å². The third kappa shape index (κ3) is 4.87. The molecule has 0 amide bonds. The van der Waals surface area contributed by atoms with E-state index >= 15 is 0 Å². The SMILES string of the molecule is CN(C)CCN(C)c1cnc2ccc(-c3cnc(N)c(S(=O)N(C)C)c3)cc2n1. The Labute approximate surface area is 174 Å². The first-order chi connectivity index (χ1) is 13.8. The number of nitrogens with two attached hydrogens (primary N) is 1. The van der Waals surface area contributed by atoms with Gasteiger partial charge in [0.15, 0.2) is 0 Å². The van der Waals surface area contributed by atoms with Crippen molar-refractivity contribution in [2.24, 2.45) is 0 Å². The minimum atomic E-state index is -1.37. The maximum absolute atomic E-state index is 12.5. The van der Waals surface area contributed by atoms with Crippen LogP contribution in [0.1, 0.15) is 0 Å². The molecular weight excluding hydrogens is 386 g/mol. The summed E-state index contributed by atoms with van der Waals surface area (Å²) >= 11 is 0. The molecule has 1 aromatic carbocycles. The Hall–Kier alpha value is -2.62. The summed E-state index contributed by atoms with van der Waals surface area (Å²) in [5.41, 5.74) is 9.30. The van der Waals surface area contributed by atoms with Gasteiger partial charge in [0.25, 0.3) is 0 Å². The van der Waals surface area contributed by atoms with Crippen LogP contribution in [-0.4, -0.2) is 76.7 Å². The van der Waals surface area contributed by atoms with E-state index in [1.54, 1.807) is 30.8 Å². The number of pyridine rings is 1. The number of anilines is 2. The fourth-order valence-corrected chi connectivity index (χ4v) is 3.63. The monoisotopic (exact) mass is 413 g/mol. The van der Waals surface area contributed by atoms with Gasteiger partial charge in [0.1, 0.15) is 22.6 Å². The predicted octanol–water partition coefficient (Wildman–Crippen LogP) is 1.86. The van der Waals surface area contributed by atoms with Gasteiger partial charge in [-0.2, -0.15) is 0 Å². The van der Waals surface area contributed by atoms with Crippen molar-refractivity contribution >= 4 is 33.7 Å². The highest BCUT2D eigenvalue weighted by atomic mass is 32.2. The summed E-state index contributed by atoms with van der Waals surface area (Å²) in [7, 11) is 8.21. The van der Waals surface area contributed by atoms with E-state index in [2.05, 4.69) is 19.8 Å². The summed E-state index contributed by atoms with van der Waals surface area (Å²) in [5, 5.41) is 0. The zero-order valence-corrected chi connectivity index (χ0v) is 18.3. The highest BCUT2D eigenvalue weighted by Gasteiger charge is 2.14. The first kappa shape index (κ1) is 21.1. The number of benzene rings is 1. The second-order valence-electron chi connectivity index (χ2n) is 7.33. The van der Waals surface area contributed by atoms with Crippen LogP contribution in [0.5, 0.6) is 0 Å².